The Kier molecular flexibility index (Phi) is 4.92. The second kappa shape index (κ2) is 6.68. The molecule has 0 aliphatic carbocycles. The van der Waals surface area contributed by atoms with Gasteiger partial charge in [-0.05, 0) is 19.1 Å². The lowest BCUT2D eigenvalue weighted by atomic mass is 10.4. The largest absolute Gasteiger partial charge is 0.369 e. The summed E-state index contributed by atoms with van der Waals surface area (Å²) in [6.45, 7) is 2.78. The predicted molar refractivity (Wildman–Crippen MR) is 80.5 cm³/mol. The molecule has 0 saturated heterocycles. The van der Waals surface area contributed by atoms with Crippen LogP contribution in [-0.4, -0.2) is 36.0 Å². The Morgan fingerprint density at radius 2 is 2.10 bits per heavy atom. The molecule has 2 aromatic rings. The molecule has 0 radical (unpaired) electrons. The lowest BCUT2D eigenvalue weighted by molar-refractivity contribution is 0.580. The Morgan fingerprint density at radius 1 is 1.29 bits per heavy atom. The molecule has 21 heavy (non-hydrogen) atoms. The van der Waals surface area contributed by atoms with Crippen molar-refractivity contribution in [2.75, 3.05) is 18.4 Å². The van der Waals surface area contributed by atoms with E-state index in [1.165, 1.54) is 6.07 Å². The van der Waals surface area contributed by atoms with Crippen LogP contribution in [0.2, 0.25) is 0 Å². The van der Waals surface area contributed by atoms with Gasteiger partial charge in [0, 0.05) is 45.1 Å². The van der Waals surface area contributed by atoms with Gasteiger partial charge in [-0.1, -0.05) is 0 Å². The van der Waals surface area contributed by atoms with Crippen molar-refractivity contribution >= 4 is 15.8 Å². The first-order chi connectivity index (χ1) is 10.0. The molecule has 2 rings (SSSR count). The van der Waals surface area contributed by atoms with Crippen LogP contribution in [-0.2, 0) is 23.5 Å². The molecular formula is C13H19N5O2S. The van der Waals surface area contributed by atoms with E-state index >= 15 is 0 Å². The number of pyridine rings is 1. The van der Waals surface area contributed by atoms with Crippen molar-refractivity contribution in [2.45, 2.75) is 18.2 Å². The molecule has 0 fully saturated rings. The van der Waals surface area contributed by atoms with Crippen molar-refractivity contribution in [2.24, 2.45) is 7.05 Å². The van der Waals surface area contributed by atoms with Gasteiger partial charge in [0.1, 0.15) is 16.5 Å². The van der Waals surface area contributed by atoms with Crippen LogP contribution in [0.15, 0.2) is 35.6 Å². The molecule has 7 nitrogen and oxygen atoms in total. The van der Waals surface area contributed by atoms with E-state index in [4.69, 9.17) is 0 Å². The number of nitrogens with zero attached hydrogens (tertiary/aromatic N) is 3. The Morgan fingerprint density at radius 3 is 2.76 bits per heavy atom. The Balaban J connectivity index is 2.07. The molecule has 0 aliphatic heterocycles. The summed E-state index contributed by atoms with van der Waals surface area (Å²) in [5.41, 5.74) is 0. The van der Waals surface area contributed by atoms with E-state index in [2.05, 4.69) is 20.0 Å². The molecule has 0 amide bonds. The number of anilines is 1. The quantitative estimate of drug-likeness (QED) is 0.788. The zero-order valence-corrected chi connectivity index (χ0v) is 12.9. The minimum atomic E-state index is -3.59. The first-order valence-corrected chi connectivity index (χ1v) is 8.17. The lowest BCUT2D eigenvalue weighted by Gasteiger charge is -2.11. The normalized spacial score (nSPS) is 11.5. The summed E-state index contributed by atoms with van der Waals surface area (Å²) >= 11 is 0. The van der Waals surface area contributed by atoms with Crippen molar-refractivity contribution in [1.29, 1.82) is 0 Å². The summed E-state index contributed by atoms with van der Waals surface area (Å²) < 4.78 is 29.1. The molecule has 0 bridgehead atoms. The average molecular weight is 309 g/mol. The van der Waals surface area contributed by atoms with Crippen LogP contribution in [0, 0.1) is 0 Å². The molecule has 114 valence electrons. The Labute approximate surface area is 124 Å². The number of sulfonamides is 1. The molecule has 0 atom stereocenters. The molecule has 8 heteroatoms. The van der Waals surface area contributed by atoms with Crippen molar-refractivity contribution in [1.82, 2.24) is 19.3 Å². The predicted octanol–water partition coefficient (Wildman–Crippen LogP) is 0.768. The number of hydrogen-bond donors (Lipinski definition) is 2. The van der Waals surface area contributed by atoms with Gasteiger partial charge < -0.3 is 9.88 Å². The standard InChI is InChI=1S/C13H19N5O2S/c1-3-14-13-11(5-4-7-16-13)21(19,20)17-8-6-12-15-9-10-18(12)2/h4-5,7,9-10,17H,3,6,8H2,1-2H3,(H,14,16). The molecule has 0 aliphatic rings. The third-order valence-corrected chi connectivity index (χ3v) is 4.46. The molecule has 0 aromatic carbocycles. The highest BCUT2D eigenvalue weighted by molar-refractivity contribution is 7.89. The van der Waals surface area contributed by atoms with Crippen LogP contribution in [0.3, 0.4) is 0 Å². The summed E-state index contributed by atoms with van der Waals surface area (Å²) in [6, 6.07) is 3.14. The van der Waals surface area contributed by atoms with Crippen LogP contribution in [0.1, 0.15) is 12.7 Å². The van der Waals surface area contributed by atoms with Gasteiger partial charge in [0.15, 0.2) is 0 Å². The summed E-state index contributed by atoms with van der Waals surface area (Å²) in [5, 5.41) is 2.95. The molecule has 2 heterocycles. The fraction of sp³-hybridized carbons (Fsp3) is 0.385. The van der Waals surface area contributed by atoms with E-state index in [9.17, 15) is 8.42 Å². The number of imidazole rings is 1. The van der Waals surface area contributed by atoms with Crippen LogP contribution < -0.4 is 10.0 Å². The summed E-state index contributed by atoms with van der Waals surface area (Å²) in [6.07, 6.45) is 5.60. The minimum Gasteiger partial charge on any atom is -0.369 e. The van der Waals surface area contributed by atoms with E-state index in [0.717, 1.165) is 5.82 Å². The van der Waals surface area contributed by atoms with Gasteiger partial charge in [-0.3, -0.25) is 0 Å². The van der Waals surface area contributed by atoms with Gasteiger partial charge >= 0.3 is 0 Å². The first kappa shape index (κ1) is 15.5. The van der Waals surface area contributed by atoms with Crippen molar-refractivity contribution in [3.05, 3.63) is 36.5 Å². The number of rotatable bonds is 7. The monoisotopic (exact) mass is 309 g/mol. The Hall–Kier alpha value is -1.93. The van der Waals surface area contributed by atoms with Gasteiger partial charge in [-0.2, -0.15) is 0 Å². The zero-order chi connectivity index (χ0) is 15.3. The van der Waals surface area contributed by atoms with Crippen LogP contribution >= 0.6 is 0 Å². The lowest BCUT2D eigenvalue weighted by Crippen LogP contribution is -2.27. The van der Waals surface area contributed by atoms with Gasteiger partial charge in [0.25, 0.3) is 0 Å². The SMILES string of the molecule is CCNc1ncccc1S(=O)(=O)NCCc1nccn1C. The first-order valence-electron chi connectivity index (χ1n) is 6.69. The van der Waals surface area contributed by atoms with Crippen molar-refractivity contribution in [3.63, 3.8) is 0 Å². The molecule has 0 unspecified atom stereocenters. The molecule has 0 spiro atoms. The number of hydrogen-bond acceptors (Lipinski definition) is 5. The molecule has 2 N–H and O–H groups in total. The summed E-state index contributed by atoms with van der Waals surface area (Å²) in [7, 11) is -1.72. The maximum atomic E-state index is 12.3. The highest BCUT2D eigenvalue weighted by atomic mass is 32.2. The van der Waals surface area contributed by atoms with Crippen LogP contribution in [0.4, 0.5) is 5.82 Å². The minimum absolute atomic E-state index is 0.159. The van der Waals surface area contributed by atoms with Gasteiger partial charge in [0.05, 0.1) is 0 Å². The van der Waals surface area contributed by atoms with Crippen LogP contribution in [0.5, 0.6) is 0 Å². The molecule has 0 saturated carbocycles. The highest BCUT2D eigenvalue weighted by Gasteiger charge is 2.18. The third kappa shape index (κ3) is 3.79. The van der Waals surface area contributed by atoms with Gasteiger partial charge in [0.2, 0.25) is 10.0 Å². The van der Waals surface area contributed by atoms with Crippen molar-refractivity contribution < 1.29 is 8.42 Å². The number of nitrogens with one attached hydrogen (secondary N) is 2. The van der Waals surface area contributed by atoms with Gasteiger partial charge in [-0.15, -0.1) is 0 Å². The second-order valence-corrected chi connectivity index (χ2v) is 6.22. The molecular weight excluding hydrogens is 290 g/mol. The highest BCUT2D eigenvalue weighted by Crippen LogP contribution is 2.17. The van der Waals surface area contributed by atoms with Gasteiger partial charge in [-0.25, -0.2) is 23.1 Å². The van der Waals surface area contributed by atoms with E-state index in [0.29, 0.717) is 18.8 Å². The summed E-state index contributed by atoms with van der Waals surface area (Å²) in [5.74, 6) is 1.19. The topological polar surface area (TPSA) is 88.9 Å². The third-order valence-electron chi connectivity index (χ3n) is 2.97. The van der Waals surface area contributed by atoms with E-state index in [1.807, 2.05) is 24.7 Å². The fourth-order valence-corrected chi connectivity index (χ4v) is 3.08. The number of aryl methyl sites for hydroxylation is 1. The second-order valence-electron chi connectivity index (χ2n) is 4.48. The van der Waals surface area contributed by atoms with Crippen LogP contribution in [0.25, 0.3) is 0 Å². The van der Waals surface area contributed by atoms with E-state index in [-0.39, 0.29) is 11.4 Å². The average Bonchev–Trinajstić information content (AvgIpc) is 2.85. The maximum absolute atomic E-state index is 12.3. The molecule has 2 aromatic heterocycles. The van der Waals surface area contributed by atoms with E-state index < -0.39 is 10.0 Å². The smallest absolute Gasteiger partial charge is 0.244 e. The maximum Gasteiger partial charge on any atom is 0.244 e. The Bertz CT molecular complexity index is 696. The fourth-order valence-electron chi connectivity index (χ4n) is 1.92. The number of aromatic nitrogens is 3. The summed E-state index contributed by atoms with van der Waals surface area (Å²) in [4.78, 5) is 8.38. The van der Waals surface area contributed by atoms with Crippen molar-refractivity contribution in [3.8, 4) is 0 Å². The zero-order valence-electron chi connectivity index (χ0n) is 12.1. The van der Waals surface area contributed by atoms with E-state index in [1.54, 1.807) is 18.5 Å².